The van der Waals surface area contributed by atoms with Crippen molar-refractivity contribution in [1.29, 1.82) is 0 Å². The van der Waals surface area contributed by atoms with Gasteiger partial charge in [-0.2, -0.15) is 0 Å². The van der Waals surface area contributed by atoms with Crippen LogP contribution in [0.4, 0.5) is 22.7 Å². The summed E-state index contributed by atoms with van der Waals surface area (Å²) in [6.07, 6.45) is 6.51. The first-order chi connectivity index (χ1) is 15.6. The predicted octanol–water partition coefficient (Wildman–Crippen LogP) is 6.58. The molecule has 3 aromatic rings. The normalized spacial score (nSPS) is 18.7. The van der Waals surface area contributed by atoms with E-state index in [-0.39, 0.29) is 12.1 Å². The zero-order valence-electron chi connectivity index (χ0n) is 18.0. The minimum atomic E-state index is 0.0152. The van der Waals surface area contributed by atoms with Crippen LogP contribution in [0.5, 0.6) is 0 Å². The lowest BCUT2D eigenvalue weighted by Crippen LogP contribution is -2.40. The Balaban J connectivity index is 1.63. The number of nitrogens with zero attached hydrogens (tertiary/aromatic N) is 4. The van der Waals surface area contributed by atoms with Crippen LogP contribution in [-0.4, -0.2) is 28.5 Å². The van der Waals surface area contributed by atoms with Crippen molar-refractivity contribution in [3.63, 3.8) is 0 Å². The number of hydrogen-bond acceptors (Lipinski definition) is 5. The van der Waals surface area contributed by atoms with Crippen LogP contribution in [0, 0.1) is 0 Å². The van der Waals surface area contributed by atoms with E-state index >= 15 is 0 Å². The van der Waals surface area contributed by atoms with Crippen molar-refractivity contribution in [2.75, 3.05) is 10.2 Å². The van der Waals surface area contributed by atoms with Crippen LogP contribution in [-0.2, 0) is 0 Å². The second-order valence-electron chi connectivity index (χ2n) is 8.18. The van der Waals surface area contributed by atoms with Crippen molar-refractivity contribution in [1.82, 2.24) is 4.98 Å². The van der Waals surface area contributed by atoms with Crippen molar-refractivity contribution < 1.29 is 0 Å². The third-order valence-electron chi connectivity index (χ3n) is 5.45. The van der Waals surface area contributed by atoms with E-state index in [0.29, 0.717) is 5.02 Å². The van der Waals surface area contributed by atoms with E-state index in [2.05, 4.69) is 47.3 Å². The summed E-state index contributed by atoms with van der Waals surface area (Å²) in [5, 5.41) is 4.32. The largest absolute Gasteiger partial charge is 0.375 e. The highest BCUT2D eigenvalue weighted by Crippen LogP contribution is 2.43. The number of para-hydroxylation sites is 2. The molecule has 0 bridgehead atoms. The maximum absolute atomic E-state index is 6.18. The Morgan fingerprint density at radius 1 is 1.06 bits per heavy atom. The van der Waals surface area contributed by atoms with Crippen LogP contribution in [0.1, 0.15) is 20.3 Å². The van der Waals surface area contributed by atoms with E-state index in [9.17, 15) is 0 Å². The van der Waals surface area contributed by atoms with Crippen LogP contribution >= 0.6 is 11.6 Å². The maximum Gasteiger partial charge on any atom is 0.0874 e. The molecule has 5 nitrogen and oxygen atoms in total. The third kappa shape index (κ3) is 4.04. The molecule has 1 unspecified atom stereocenters. The Kier molecular flexibility index (Phi) is 5.50. The molecule has 0 fully saturated rings. The molecule has 1 aliphatic heterocycles. The number of aliphatic imine (C=N–C) groups is 2. The molecule has 1 aliphatic carbocycles. The number of hydrogen-bond donors (Lipinski definition) is 1. The Labute approximate surface area is 193 Å². The molecule has 160 valence electrons. The predicted molar refractivity (Wildman–Crippen MR) is 134 cm³/mol. The molecule has 0 amide bonds. The van der Waals surface area contributed by atoms with E-state index in [1.807, 2.05) is 54.7 Å². The highest BCUT2D eigenvalue weighted by Gasteiger charge is 2.33. The van der Waals surface area contributed by atoms with Crippen LogP contribution < -0.4 is 10.2 Å². The summed E-state index contributed by atoms with van der Waals surface area (Å²) in [5.41, 5.74) is 7.11. The van der Waals surface area contributed by atoms with Gasteiger partial charge in [-0.1, -0.05) is 23.7 Å². The summed E-state index contributed by atoms with van der Waals surface area (Å²) < 4.78 is 0. The van der Waals surface area contributed by atoms with Gasteiger partial charge in [0.15, 0.2) is 0 Å². The van der Waals surface area contributed by atoms with Gasteiger partial charge in [-0.25, -0.2) is 4.99 Å². The lowest BCUT2D eigenvalue weighted by Gasteiger charge is -2.37. The first-order valence-corrected chi connectivity index (χ1v) is 11.1. The lowest BCUT2D eigenvalue weighted by molar-refractivity contribution is 0.817. The molecule has 2 heterocycles. The van der Waals surface area contributed by atoms with Gasteiger partial charge in [0.1, 0.15) is 0 Å². The SMILES string of the molecule is CC(C)N=C1C=C2C(=Nc3ccccc3N2c2ccc(Cl)cc2)CC1Nc1cccnc1. The van der Waals surface area contributed by atoms with Crippen LogP contribution in [0.3, 0.4) is 0 Å². The molecule has 1 atom stereocenters. The number of halogens is 1. The zero-order chi connectivity index (χ0) is 22.1. The number of nitrogens with one attached hydrogen (secondary N) is 1. The summed E-state index contributed by atoms with van der Waals surface area (Å²) in [5.74, 6) is 0. The summed E-state index contributed by atoms with van der Waals surface area (Å²) in [6, 6.07) is 20.3. The highest BCUT2D eigenvalue weighted by molar-refractivity contribution is 6.30. The number of pyridine rings is 1. The fourth-order valence-corrected chi connectivity index (χ4v) is 4.24. The smallest absolute Gasteiger partial charge is 0.0874 e. The minimum Gasteiger partial charge on any atom is -0.375 e. The maximum atomic E-state index is 6.18. The van der Waals surface area contributed by atoms with E-state index in [1.54, 1.807) is 6.20 Å². The Bertz CT molecular complexity index is 1210. The van der Waals surface area contributed by atoms with Crippen LogP contribution in [0.25, 0.3) is 0 Å². The fraction of sp³-hybridized carbons (Fsp3) is 0.192. The van der Waals surface area contributed by atoms with E-state index in [0.717, 1.165) is 46.3 Å². The molecule has 0 spiro atoms. The molecule has 6 heteroatoms. The minimum absolute atomic E-state index is 0.0152. The molecule has 1 N–H and O–H groups in total. The average Bonchev–Trinajstić information content (AvgIpc) is 2.79. The number of benzene rings is 2. The summed E-state index contributed by atoms with van der Waals surface area (Å²) in [7, 11) is 0. The van der Waals surface area contributed by atoms with Crippen molar-refractivity contribution in [2.45, 2.75) is 32.4 Å². The Morgan fingerprint density at radius 3 is 2.62 bits per heavy atom. The Morgan fingerprint density at radius 2 is 1.88 bits per heavy atom. The molecule has 5 rings (SSSR count). The fourth-order valence-electron chi connectivity index (χ4n) is 4.11. The zero-order valence-corrected chi connectivity index (χ0v) is 18.8. The number of allylic oxidation sites excluding steroid dienone is 1. The second kappa shape index (κ2) is 8.60. The van der Waals surface area contributed by atoms with Crippen LogP contribution in [0.15, 0.2) is 94.8 Å². The number of aromatic nitrogens is 1. The van der Waals surface area contributed by atoms with E-state index in [1.165, 1.54) is 0 Å². The molecule has 32 heavy (non-hydrogen) atoms. The molecule has 2 aliphatic rings. The topological polar surface area (TPSA) is 52.9 Å². The molecule has 2 aromatic carbocycles. The number of rotatable bonds is 4. The number of anilines is 3. The van der Waals surface area contributed by atoms with Crippen molar-refractivity contribution >= 4 is 45.8 Å². The third-order valence-corrected chi connectivity index (χ3v) is 5.70. The van der Waals surface area contributed by atoms with Gasteiger partial charge in [0.2, 0.25) is 0 Å². The first kappa shape index (κ1) is 20.5. The second-order valence-corrected chi connectivity index (χ2v) is 8.62. The standard InChI is InChI=1S/C26H24ClN5/c1-17(2)29-23-15-26-24(14-22(23)30-19-6-5-13-28-16-19)31-21-7-3-4-8-25(21)32(26)20-11-9-18(27)10-12-20/h3-13,15-17,22,30H,14H2,1-2H3. The summed E-state index contributed by atoms with van der Waals surface area (Å²) in [6.45, 7) is 4.20. The van der Waals surface area contributed by atoms with Crippen molar-refractivity contribution in [3.8, 4) is 0 Å². The quantitative estimate of drug-likeness (QED) is 0.497. The van der Waals surface area contributed by atoms with Gasteiger partial charge in [-0.3, -0.25) is 9.98 Å². The van der Waals surface area contributed by atoms with E-state index in [4.69, 9.17) is 21.6 Å². The molecule has 0 saturated carbocycles. The van der Waals surface area contributed by atoms with Gasteiger partial charge < -0.3 is 10.2 Å². The van der Waals surface area contributed by atoms with Gasteiger partial charge in [0.05, 0.1) is 40.2 Å². The van der Waals surface area contributed by atoms with Crippen molar-refractivity contribution in [2.24, 2.45) is 9.98 Å². The summed E-state index contributed by atoms with van der Waals surface area (Å²) in [4.78, 5) is 16.5. The van der Waals surface area contributed by atoms with E-state index < -0.39 is 0 Å². The summed E-state index contributed by atoms with van der Waals surface area (Å²) >= 11 is 6.18. The van der Waals surface area contributed by atoms with Gasteiger partial charge in [0, 0.05) is 35.6 Å². The molecule has 0 radical (unpaired) electrons. The Hall–Kier alpha value is -3.44. The van der Waals surface area contributed by atoms with Gasteiger partial charge in [-0.15, -0.1) is 0 Å². The van der Waals surface area contributed by atoms with Gasteiger partial charge in [0.25, 0.3) is 0 Å². The first-order valence-electron chi connectivity index (χ1n) is 10.8. The highest BCUT2D eigenvalue weighted by atomic mass is 35.5. The number of fused-ring (bicyclic) bond motifs is 2. The van der Waals surface area contributed by atoms with Crippen LogP contribution in [0.2, 0.25) is 5.02 Å². The van der Waals surface area contributed by atoms with Gasteiger partial charge >= 0.3 is 0 Å². The average molecular weight is 442 g/mol. The molecule has 0 saturated heterocycles. The molecule has 1 aromatic heterocycles. The molecular formula is C26H24ClN5. The monoisotopic (exact) mass is 441 g/mol. The van der Waals surface area contributed by atoms with Crippen molar-refractivity contribution in [3.05, 3.63) is 89.9 Å². The lowest BCUT2D eigenvalue weighted by atomic mass is 9.91. The van der Waals surface area contributed by atoms with Gasteiger partial charge in [-0.05, 0) is 68.5 Å². The molecular weight excluding hydrogens is 418 g/mol.